The number of nitrogens with two attached hydrogens (primary N) is 1. The molecule has 0 aromatic carbocycles. The largest absolute Gasteiger partial charge is 0.368 e. The molecule has 2 rings (SSSR count). The van der Waals surface area contributed by atoms with Crippen molar-refractivity contribution in [3.8, 4) is 0 Å². The first-order valence-corrected chi connectivity index (χ1v) is 5.38. The number of nitrogens with one attached hydrogen (secondary N) is 1. The van der Waals surface area contributed by atoms with Crippen LogP contribution in [0.4, 0.5) is 11.8 Å². The lowest BCUT2D eigenvalue weighted by Gasteiger charge is -2.05. The van der Waals surface area contributed by atoms with Crippen LogP contribution < -0.4 is 11.1 Å². The molecule has 84 valence electrons. The van der Waals surface area contributed by atoms with E-state index >= 15 is 0 Å². The van der Waals surface area contributed by atoms with Gasteiger partial charge < -0.3 is 15.6 Å². The van der Waals surface area contributed by atoms with E-state index in [0.29, 0.717) is 12.4 Å². The summed E-state index contributed by atoms with van der Waals surface area (Å²) in [6, 6.07) is 1.85. The van der Waals surface area contributed by atoms with Gasteiger partial charge in [-0.3, -0.25) is 0 Å². The summed E-state index contributed by atoms with van der Waals surface area (Å²) in [5.41, 5.74) is 6.29. The van der Waals surface area contributed by atoms with Gasteiger partial charge in [0.25, 0.3) is 0 Å². The van der Waals surface area contributed by atoms with Crippen molar-refractivity contribution in [3.05, 3.63) is 28.2 Å². The van der Waals surface area contributed by atoms with Crippen molar-refractivity contribution in [2.24, 2.45) is 0 Å². The smallest absolute Gasteiger partial charge is 0.221 e. The molecular formula is C9H10BrN5O. The third kappa shape index (κ3) is 2.48. The third-order valence-electron chi connectivity index (χ3n) is 1.88. The maximum Gasteiger partial charge on any atom is 0.221 e. The predicted molar refractivity (Wildman–Crippen MR) is 62.7 cm³/mol. The van der Waals surface area contributed by atoms with E-state index in [9.17, 15) is 0 Å². The van der Waals surface area contributed by atoms with Crippen LogP contribution in [0.3, 0.4) is 0 Å². The van der Waals surface area contributed by atoms with Crippen molar-refractivity contribution in [1.29, 1.82) is 0 Å². The van der Waals surface area contributed by atoms with Crippen molar-refractivity contribution in [2.75, 3.05) is 11.1 Å². The lowest BCUT2D eigenvalue weighted by molar-refractivity contribution is 0.391. The van der Waals surface area contributed by atoms with Gasteiger partial charge in [-0.05, 0) is 22.9 Å². The van der Waals surface area contributed by atoms with Crippen molar-refractivity contribution in [2.45, 2.75) is 13.5 Å². The quantitative estimate of drug-likeness (QED) is 0.892. The number of halogens is 1. The lowest BCUT2D eigenvalue weighted by atomic mass is 10.4. The van der Waals surface area contributed by atoms with Crippen molar-refractivity contribution >= 4 is 27.7 Å². The second-order valence-electron chi connectivity index (χ2n) is 3.21. The molecule has 0 atom stereocenters. The second kappa shape index (κ2) is 4.48. The monoisotopic (exact) mass is 283 g/mol. The first kappa shape index (κ1) is 10.9. The zero-order valence-corrected chi connectivity index (χ0v) is 10.2. The Hall–Kier alpha value is -1.63. The molecule has 2 heterocycles. The van der Waals surface area contributed by atoms with Gasteiger partial charge in [-0.1, -0.05) is 5.16 Å². The SMILES string of the molecule is Cc1cc(CNc2nc(N)ncc2Br)no1. The Kier molecular flexibility index (Phi) is 3.04. The fourth-order valence-corrected chi connectivity index (χ4v) is 1.51. The Morgan fingerprint density at radius 2 is 2.38 bits per heavy atom. The number of aromatic nitrogens is 3. The van der Waals surface area contributed by atoms with E-state index in [4.69, 9.17) is 10.3 Å². The molecule has 0 saturated carbocycles. The third-order valence-corrected chi connectivity index (χ3v) is 2.46. The summed E-state index contributed by atoms with van der Waals surface area (Å²) in [5.74, 6) is 1.63. The fraction of sp³-hybridized carbons (Fsp3) is 0.222. The molecule has 0 saturated heterocycles. The van der Waals surface area contributed by atoms with E-state index in [-0.39, 0.29) is 5.95 Å². The Morgan fingerprint density at radius 1 is 1.56 bits per heavy atom. The van der Waals surface area contributed by atoms with Crippen LogP contribution in [-0.2, 0) is 6.54 Å². The molecule has 16 heavy (non-hydrogen) atoms. The topological polar surface area (TPSA) is 89.9 Å². The number of hydrogen-bond donors (Lipinski definition) is 2. The highest BCUT2D eigenvalue weighted by Gasteiger charge is 2.05. The number of hydrogen-bond acceptors (Lipinski definition) is 6. The first-order valence-electron chi connectivity index (χ1n) is 4.59. The number of rotatable bonds is 3. The van der Waals surface area contributed by atoms with Gasteiger partial charge in [-0.15, -0.1) is 0 Å². The summed E-state index contributed by atoms with van der Waals surface area (Å²) in [6.07, 6.45) is 1.60. The van der Waals surface area contributed by atoms with Gasteiger partial charge in [0.1, 0.15) is 17.3 Å². The minimum atomic E-state index is 0.224. The number of anilines is 2. The molecule has 7 heteroatoms. The molecule has 0 aliphatic heterocycles. The van der Waals surface area contributed by atoms with Crippen LogP contribution in [0.1, 0.15) is 11.5 Å². The highest BCUT2D eigenvalue weighted by Crippen LogP contribution is 2.19. The van der Waals surface area contributed by atoms with Gasteiger partial charge in [-0.25, -0.2) is 4.98 Å². The molecule has 0 spiro atoms. The molecule has 0 amide bonds. The summed E-state index contributed by atoms with van der Waals surface area (Å²) >= 11 is 3.32. The van der Waals surface area contributed by atoms with Crippen LogP contribution in [0.15, 0.2) is 21.3 Å². The van der Waals surface area contributed by atoms with Crippen LogP contribution in [0.5, 0.6) is 0 Å². The molecule has 3 N–H and O–H groups in total. The summed E-state index contributed by atoms with van der Waals surface area (Å²) in [7, 11) is 0. The van der Waals surface area contributed by atoms with E-state index < -0.39 is 0 Å². The minimum absolute atomic E-state index is 0.224. The van der Waals surface area contributed by atoms with Crippen LogP contribution in [0.2, 0.25) is 0 Å². The zero-order valence-electron chi connectivity index (χ0n) is 8.57. The molecular weight excluding hydrogens is 274 g/mol. The number of aryl methyl sites for hydroxylation is 1. The van der Waals surface area contributed by atoms with Crippen LogP contribution in [-0.4, -0.2) is 15.1 Å². The Morgan fingerprint density at radius 3 is 3.06 bits per heavy atom. The average molecular weight is 284 g/mol. The van der Waals surface area contributed by atoms with Crippen LogP contribution in [0, 0.1) is 6.92 Å². The van der Waals surface area contributed by atoms with E-state index in [0.717, 1.165) is 15.9 Å². The zero-order chi connectivity index (χ0) is 11.5. The highest BCUT2D eigenvalue weighted by atomic mass is 79.9. The van der Waals surface area contributed by atoms with Crippen molar-refractivity contribution in [1.82, 2.24) is 15.1 Å². The van der Waals surface area contributed by atoms with E-state index in [1.165, 1.54) is 0 Å². The number of nitrogen functional groups attached to an aromatic ring is 1. The Balaban J connectivity index is 2.07. The summed E-state index contributed by atoms with van der Waals surface area (Å²) in [5, 5.41) is 6.94. The Bertz CT molecular complexity index is 498. The maximum atomic E-state index is 5.48. The second-order valence-corrected chi connectivity index (χ2v) is 4.06. The van der Waals surface area contributed by atoms with Crippen LogP contribution in [0.25, 0.3) is 0 Å². The average Bonchev–Trinajstić information content (AvgIpc) is 2.66. The number of nitrogens with zero attached hydrogens (tertiary/aromatic N) is 3. The van der Waals surface area contributed by atoms with Gasteiger partial charge in [0, 0.05) is 12.3 Å². The van der Waals surface area contributed by atoms with Gasteiger partial charge >= 0.3 is 0 Å². The molecule has 0 fully saturated rings. The molecule has 0 unspecified atom stereocenters. The summed E-state index contributed by atoms with van der Waals surface area (Å²) < 4.78 is 5.70. The standard InChI is InChI=1S/C9H10BrN5O/c1-5-2-6(15-16-5)3-12-8-7(10)4-13-9(11)14-8/h2,4H,3H2,1H3,(H3,11,12,13,14). The fourth-order valence-electron chi connectivity index (χ4n) is 1.18. The molecule has 2 aromatic rings. The van der Waals surface area contributed by atoms with Crippen LogP contribution >= 0.6 is 15.9 Å². The molecule has 6 nitrogen and oxygen atoms in total. The molecule has 0 aliphatic rings. The lowest BCUT2D eigenvalue weighted by Crippen LogP contribution is -2.05. The highest BCUT2D eigenvalue weighted by molar-refractivity contribution is 9.10. The molecule has 2 aromatic heterocycles. The van der Waals surface area contributed by atoms with Crippen molar-refractivity contribution < 1.29 is 4.52 Å². The summed E-state index contributed by atoms with van der Waals surface area (Å²) in [6.45, 7) is 2.36. The molecule has 0 bridgehead atoms. The van der Waals surface area contributed by atoms with Gasteiger partial charge in [0.05, 0.1) is 11.0 Å². The molecule has 0 aliphatic carbocycles. The van der Waals surface area contributed by atoms with Crippen molar-refractivity contribution in [3.63, 3.8) is 0 Å². The van der Waals surface area contributed by atoms with Gasteiger partial charge in [-0.2, -0.15) is 4.98 Å². The van der Waals surface area contributed by atoms with E-state index in [2.05, 4.69) is 36.4 Å². The maximum absolute atomic E-state index is 5.48. The first-order chi connectivity index (χ1) is 7.65. The van der Waals surface area contributed by atoms with E-state index in [1.807, 2.05) is 13.0 Å². The van der Waals surface area contributed by atoms with E-state index in [1.54, 1.807) is 6.20 Å². The normalized spacial score (nSPS) is 10.4. The van der Waals surface area contributed by atoms with Gasteiger partial charge in [0.15, 0.2) is 0 Å². The summed E-state index contributed by atoms with van der Waals surface area (Å²) in [4.78, 5) is 7.89. The molecule has 0 radical (unpaired) electrons. The predicted octanol–water partition coefficient (Wildman–Crippen LogP) is 1.73. The Labute approximate surface area is 100 Å². The van der Waals surface area contributed by atoms with Gasteiger partial charge in [0.2, 0.25) is 5.95 Å². The minimum Gasteiger partial charge on any atom is -0.368 e.